The average molecular weight is 775 g/mol. The lowest BCUT2D eigenvalue weighted by Crippen LogP contribution is -2.09. The summed E-state index contributed by atoms with van der Waals surface area (Å²) in [4.78, 5) is 25.8. The lowest BCUT2D eigenvalue weighted by molar-refractivity contribution is 0.248. The normalized spacial score (nSPS) is 10.8. The number of aliphatic hydroxyl groups is 4. The third kappa shape index (κ3) is 7.40. The minimum absolute atomic E-state index is 0.114. The molecule has 296 valence electrons. The molecule has 0 saturated heterocycles. The molecular formula is C41H42O15. The van der Waals surface area contributed by atoms with Gasteiger partial charge in [-0.1, -0.05) is 0 Å². The second-order valence-electron chi connectivity index (χ2n) is 11.8. The van der Waals surface area contributed by atoms with Crippen molar-refractivity contribution in [1.29, 1.82) is 0 Å². The van der Waals surface area contributed by atoms with Crippen molar-refractivity contribution in [3.8, 4) is 62.9 Å². The maximum absolute atomic E-state index is 13.0. The van der Waals surface area contributed by atoms with Crippen LogP contribution in [0.2, 0.25) is 0 Å². The summed E-state index contributed by atoms with van der Waals surface area (Å²) >= 11 is 0. The SMILES string of the molecule is COc1ccc(-c2cc(=O)c3c(OC)c(CO)c(CO)c(OC)c3o2)cc1.COc1ccc(-c2cc(=O)c3c(OC)c(CO)c(CO)c(OC)c3o2)cc1OC. The van der Waals surface area contributed by atoms with Crippen LogP contribution in [0.4, 0.5) is 0 Å². The highest BCUT2D eigenvalue weighted by Gasteiger charge is 2.26. The topological polar surface area (TPSA) is 206 Å². The first-order valence-corrected chi connectivity index (χ1v) is 16.9. The number of fused-ring (bicyclic) bond motifs is 2. The third-order valence-corrected chi connectivity index (χ3v) is 9.08. The molecule has 6 rings (SSSR count). The number of methoxy groups -OCH3 is 7. The van der Waals surface area contributed by atoms with Crippen LogP contribution in [0.1, 0.15) is 22.3 Å². The zero-order chi connectivity index (χ0) is 40.7. The smallest absolute Gasteiger partial charge is 0.197 e. The van der Waals surface area contributed by atoms with Gasteiger partial charge in [-0.3, -0.25) is 9.59 Å². The molecule has 0 atom stereocenters. The molecular weight excluding hydrogens is 732 g/mol. The first-order valence-electron chi connectivity index (χ1n) is 16.9. The Balaban J connectivity index is 0.000000215. The Morgan fingerprint density at radius 1 is 0.446 bits per heavy atom. The second-order valence-corrected chi connectivity index (χ2v) is 11.8. The van der Waals surface area contributed by atoms with Crippen LogP contribution in [0.3, 0.4) is 0 Å². The monoisotopic (exact) mass is 774 g/mol. The number of rotatable bonds is 13. The zero-order valence-corrected chi connectivity index (χ0v) is 31.8. The standard InChI is InChI=1S/C21H22O8.C20H20O7/c1-25-15-6-5-11(7-17(15)26-2)16-8-14(24)18-19(27-3)12(9-22)13(10-23)20(28-4)21(18)29-16;1-24-12-6-4-11(5-7-12)16-8-15(23)17-18(25-2)13(9-21)14(10-22)19(26-3)20(17)27-16/h5-8,22-23H,9-10H2,1-4H3;4-8,21-22H,9-10H2,1-3H3. The van der Waals surface area contributed by atoms with E-state index in [2.05, 4.69) is 0 Å². The van der Waals surface area contributed by atoms with Gasteiger partial charge in [0.15, 0.2) is 45.0 Å². The maximum Gasteiger partial charge on any atom is 0.197 e. The van der Waals surface area contributed by atoms with Crippen molar-refractivity contribution >= 4 is 21.9 Å². The van der Waals surface area contributed by atoms with Crippen molar-refractivity contribution < 1.29 is 62.4 Å². The zero-order valence-electron chi connectivity index (χ0n) is 31.8. The van der Waals surface area contributed by atoms with Crippen molar-refractivity contribution in [2.75, 3.05) is 49.8 Å². The third-order valence-electron chi connectivity index (χ3n) is 9.08. The fourth-order valence-corrected chi connectivity index (χ4v) is 6.44. The van der Waals surface area contributed by atoms with E-state index in [0.29, 0.717) is 39.7 Å². The Labute approximate surface area is 320 Å². The lowest BCUT2D eigenvalue weighted by Gasteiger charge is -2.18. The van der Waals surface area contributed by atoms with Crippen LogP contribution in [0, 0.1) is 0 Å². The summed E-state index contributed by atoms with van der Waals surface area (Å²) in [6.45, 7) is -1.72. The molecule has 0 amide bonds. The van der Waals surface area contributed by atoms with E-state index >= 15 is 0 Å². The molecule has 2 aromatic heterocycles. The summed E-state index contributed by atoms with van der Waals surface area (Å²) in [7, 11) is 10.2. The second kappa shape index (κ2) is 17.9. The molecule has 0 radical (unpaired) electrons. The number of hydrogen-bond acceptors (Lipinski definition) is 15. The quantitative estimate of drug-likeness (QED) is 0.123. The Morgan fingerprint density at radius 3 is 1.21 bits per heavy atom. The minimum atomic E-state index is -0.442. The number of hydrogen-bond donors (Lipinski definition) is 4. The maximum atomic E-state index is 13.0. The molecule has 6 aromatic rings. The van der Waals surface area contributed by atoms with Gasteiger partial charge in [-0.15, -0.1) is 0 Å². The van der Waals surface area contributed by atoms with Gasteiger partial charge in [0.25, 0.3) is 0 Å². The van der Waals surface area contributed by atoms with Crippen LogP contribution >= 0.6 is 0 Å². The molecule has 4 N–H and O–H groups in total. The van der Waals surface area contributed by atoms with Crippen molar-refractivity contribution in [1.82, 2.24) is 0 Å². The molecule has 0 spiro atoms. The summed E-state index contributed by atoms with van der Waals surface area (Å²) in [6, 6.07) is 14.8. The predicted molar refractivity (Wildman–Crippen MR) is 205 cm³/mol. The number of aliphatic hydroxyl groups excluding tert-OH is 4. The highest BCUT2D eigenvalue weighted by molar-refractivity contribution is 5.93. The number of ether oxygens (including phenoxy) is 7. The highest BCUT2D eigenvalue weighted by atomic mass is 16.5. The first-order chi connectivity index (χ1) is 27.1. The molecule has 15 nitrogen and oxygen atoms in total. The number of benzene rings is 4. The molecule has 15 heteroatoms. The predicted octanol–water partition coefficient (Wildman–Crippen LogP) is 4.95. The fourth-order valence-electron chi connectivity index (χ4n) is 6.44. The summed E-state index contributed by atoms with van der Waals surface area (Å²) in [5, 5.41) is 39.4. The molecule has 0 bridgehead atoms. The van der Waals surface area contributed by atoms with Gasteiger partial charge in [-0.25, -0.2) is 0 Å². The van der Waals surface area contributed by atoms with Gasteiger partial charge >= 0.3 is 0 Å². The summed E-state index contributed by atoms with van der Waals surface area (Å²) in [5.41, 5.74) is 1.93. The summed E-state index contributed by atoms with van der Waals surface area (Å²) in [5.74, 6) is 2.93. The van der Waals surface area contributed by atoms with E-state index < -0.39 is 26.4 Å². The Morgan fingerprint density at radius 2 is 0.839 bits per heavy atom. The minimum Gasteiger partial charge on any atom is -0.497 e. The fraction of sp³-hybridized carbons (Fsp3) is 0.268. The lowest BCUT2D eigenvalue weighted by atomic mass is 10.0. The molecule has 4 aromatic carbocycles. The van der Waals surface area contributed by atoms with Gasteiger partial charge in [-0.2, -0.15) is 0 Å². The van der Waals surface area contributed by atoms with Gasteiger partial charge in [-0.05, 0) is 42.5 Å². The molecule has 0 aliphatic carbocycles. The summed E-state index contributed by atoms with van der Waals surface area (Å²) < 4.78 is 49.2. The first kappa shape index (κ1) is 40.9. The van der Waals surface area contributed by atoms with E-state index in [1.165, 1.54) is 54.8 Å². The van der Waals surface area contributed by atoms with E-state index in [1.54, 1.807) is 49.6 Å². The van der Waals surface area contributed by atoms with E-state index in [4.69, 9.17) is 42.0 Å². The molecule has 0 unspecified atom stereocenters. The van der Waals surface area contributed by atoms with Crippen LogP contribution < -0.4 is 44.0 Å². The van der Waals surface area contributed by atoms with Crippen molar-refractivity contribution in [2.45, 2.75) is 26.4 Å². The highest BCUT2D eigenvalue weighted by Crippen LogP contribution is 2.43. The van der Waals surface area contributed by atoms with Gasteiger partial charge in [0.05, 0.1) is 76.2 Å². The Hall–Kier alpha value is -6.26. The van der Waals surface area contributed by atoms with Crippen LogP contribution in [0.25, 0.3) is 44.6 Å². The van der Waals surface area contributed by atoms with Crippen LogP contribution in [-0.4, -0.2) is 70.2 Å². The van der Waals surface area contributed by atoms with E-state index in [9.17, 15) is 30.0 Å². The van der Waals surface area contributed by atoms with E-state index in [0.717, 1.165) is 0 Å². The molecule has 56 heavy (non-hydrogen) atoms. The molecule has 0 aliphatic heterocycles. The van der Waals surface area contributed by atoms with Crippen LogP contribution in [0.15, 0.2) is 73.0 Å². The Kier molecular flexibility index (Phi) is 13.1. The largest absolute Gasteiger partial charge is 0.497 e. The van der Waals surface area contributed by atoms with E-state index in [-0.39, 0.29) is 78.2 Å². The van der Waals surface area contributed by atoms with Gasteiger partial charge in [0, 0.05) is 45.5 Å². The summed E-state index contributed by atoms with van der Waals surface area (Å²) in [6.07, 6.45) is 0. The van der Waals surface area contributed by atoms with Crippen molar-refractivity contribution in [2.24, 2.45) is 0 Å². The van der Waals surface area contributed by atoms with Crippen molar-refractivity contribution in [3.05, 3.63) is 97.3 Å². The molecule has 0 aliphatic rings. The van der Waals surface area contributed by atoms with Gasteiger partial charge in [0.1, 0.15) is 39.5 Å². The van der Waals surface area contributed by atoms with Gasteiger partial charge < -0.3 is 62.4 Å². The average Bonchev–Trinajstić information content (AvgIpc) is 3.24. The Bertz CT molecular complexity index is 2470. The van der Waals surface area contributed by atoms with Crippen LogP contribution in [-0.2, 0) is 26.4 Å². The molecule has 2 heterocycles. The molecule has 0 saturated carbocycles. The van der Waals surface area contributed by atoms with Crippen molar-refractivity contribution in [3.63, 3.8) is 0 Å². The molecule has 0 fully saturated rings. The van der Waals surface area contributed by atoms with Crippen LogP contribution in [0.5, 0.6) is 40.2 Å². The van der Waals surface area contributed by atoms with Gasteiger partial charge in [0.2, 0.25) is 0 Å². The van der Waals surface area contributed by atoms with E-state index in [1.807, 2.05) is 0 Å².